The van der Waals surface area contributed by atoms with Crippen LogP contribution in [0.2, 0.25) is 0 Å². The lowest BCUT2D eigenvalue weighted by Crippen LogP contribution is -2.38. The number of hydrogen-bond donors (Lipinski definition) is 1. The molecule has 108 valence electrons. The third kappa shape index (κ3) is 4.92. The van der Waals surface area contributed by atoms with Crippen molar-refractivity contribution in [3.8, 4) is 0 Å². The van der Waals surface area contributed by atoms with E-state index >= 15 is 0 Å². The van der Waals surface area contributed by atoms with E-state index in [0.29, 0.717) is 6.04 Å². The SMILES string of the molecule is CCCC(C)N(C)CC(NCC)c1ccccc1F. The molecule has 1 N–H and O–H groups in total. The van der Waals surface area contributed by atoms with Crippen molar-refractivity contribution < 1.29 is 4.39 Å². The van der Waals surface area contributed by atoms with Crippen LogP contribution in [0.1, 0.15) is 45.2 Å². The molecule has 0 heterocycles. The van der Waals surface area contributed by atoms with Crippen LogP contribution >= 0.6 is 0 Å². The Hall–Kier alpha value is -0.930. The van der Waals surface area contributed by atoms with E-state index in [1.165, 1.54) is 18.9 Å². The second kappa shape index (κ2) is 8.28. The second-order valence-electron chi connectivity index (χ2n) is 5.21. The largest absolute Gasteiger partial charge is 0.309 e. The average molecular weight is 266 g/mol. The molecule has 0 aromatic heterocycles. The minimum absolute atomic E-state index is 0.0514. The molecule has 0 amide bonds. The number of hydrogen-bond acceptors (Lipinski definition) is 2. The summed E-state index contributed by atoms with van der Waals surface area (Å²) in [4.78, 5) is 2.31. The lowest BCUT2D eigenvalue weighted by molar-refractivity contribution is 0.218. The second-order valence-corrected chi connectivity index (χ2v) is 5.21. The fourth-order valence-electron chi connectivity index (χ4n) is 2.38. The first-order chi connectivity index (χ1) is 9.10. The Morgan fingerprint density at radius 2 is 1.95 bits per heavy atom. The van der Waals surface area contributed by atoms with E-state index in [1.807, 2.05) is 12.1 Å². The van der Waals surface area contributed by atoms with Crippen molar-refractivity contribution in [1.82, 2.24) is 10.2 Å². The summed E-state index contributed by atoms with van der Waals surface area (Å²) in [5, 5.41) is 3.39. The van der Waals surface area contributed by atoms with Crippen molar-refractivity contribution in [2.75, 3.05) is 20.1 Å². The minimum atomic E-state index is -0.120. The van der Waals surface area contributed by atoms with Crippen LogP contribution in [0.5, 0.6) is 0 Å². The summed E-state index contributed by atoms with van der Waals surface area (Å²) < 4.78 is 13.9. The van der Waals surface area contributed by atoms with Crippen LogP contribution in [0.25, 0.3) is 0 Å². The quantitative estimate of drug-likeness (QED) is 0.773. The van der Waals surface area contributed by atoms with Crippen molar-refractivity contribution in [3.63, 3.8) is 0 Å². The molecule has 0 bridgehead atoms. The van der Waals surface area contributed by atoms with Crippen LogP contribution in [0, 0.1) is 5.82 Å². The molecule has 0 aliphatic rings. The van der Waals surface area contributed by atoms with Gasteiger partial charge in [0.05, 0.1) is 0 Å². The Labute approximate surface area is 117 Å². The average Bonchev–Trinajstić information content (AvgIpc) is 2.39. The molecule has 0 saturated heterocycles. The summed E-state index contributed by atoms with van der Waals surface area (Å²) in [5.74, 6) is -0.120. The van der Waals surface area contributed by atoms with Gasteiger partial charge in [0.25, 0.3) is 0 Å². The van der Waals surface area contributed by atoms with E-state index in [4.69, 9.17) is 0 Å². The molecule has 1 rings (SSSR count). The van der Waals surface area contributed by atoms with Crippen LogP contribution in [0.3, 0.4) is 0 Å². The molecule has 1 aromatic carbocycles. The van der Waals surface area contributed by atoms with Crippen LogP contribution in [-0.2, 0) is 0 Å². The first-order valence-corrected chi connectivity index (χ1v) is 7.28. The van der Waals surface area contributed by atoms with Gasteiger partial charge in [-0.05, 0) is 33.0 Å². The fourth-order valence-corrected chi connectivity index (χ4v) is 2.38. The molecule has 3 heteroatoms. The maximum atomic E-state index is 13.9. The molecular weight excluding hydrogens is 239 g/mol. The van der Waals surface area contributed by atoms with E-state index in [2.05, 4.69) is 38.0 Å². The Balaban J connectivity index is 2.75. The zero-order valence-electron chi connectivity index (χ0n) is 12.6. The highest BCUT2D eigenvalue weighted by molar-refractivity contribution is 5.21. The Morgan fingerprint density at radius 1 is 1.26 bits per heavy atom. The highest BCUT2D eigenvalue weighted by Gasteiger charge is 2.18. The normalized spacial score (nSPS) is 14.6. The van der Waals surface area contributed by atoms with E-state index < -0.39 is 0 Å². The first kappa shape index (κ1) is 16.1. The molecule has 2 nitrogen and oxygen atoms in total. The minimum Gasteiger partial charge on any atom is -0.309 e. The summed E-state index contributed by atoms with van der Waals surface area (Å²) in [6.07, 6.45) is 2.35. The highest BCUT2D eigenvalue weighted by Crippen LogP contribution is 2.19. The Kier molecular flexibility index (Phi) is 7.03. The Bertz CT molecular complexity index is 368. The van der Waals surface area contributed by atoms with Gasteiger partial charge in [0.15, 0.2) is 0 Å². The third-order valence-electron chi connectivity index (χ3n) is 3.66. The molecule has 2 unspecified atom stereocenters. The summed E-state index contributed by atoms with van der Waals surface area (Å²) in [6.45, 7) is 8.16. The van der Waals surface area contributed by atoms with Crippen molar-refractivity contribution in [1.29, 1.82) is 0 Å². The van der Waals surface area contributed by atoms with Gasteiger partial charge in [-0.1, -0.05) is 38.5 Å². The standard InChI is InChI=1S/C16H27FN2/c1-5-9-13(3)19(4)12-16(18-6-2)14-10-7-8-11-15(14)17/h7-8,10-11,13,16,18H,5-6,9,12H2,1-4H3. The monoisotopic (exact) mass is 266 g/mol. The van der Waals surface area contributed by atoms with E-state index in [9.17, 15) is 4.39 Å². The summed E-state index contributed by atoms with van der Waals surface area (Å²) >= 11 is 0. The number of rotatable bonds is 8. The van der Waals surface area contributed by atoms with E-state index in [1.54, 1.807) is 6.07 Å². The van der Waals surface area contributed by atoms with Crippen molar-refractivity contribution in [2.24, 2.45) is 0 Å². The highest BCUT2D eigenvalue weighted by atomic mass is 19.1. The molecule has 19 heavy (non-hydrogen) atoms. The number of nitrogens with zero attached hydrogens (tertiary/aromatic N) is 1. The summed E-state index contributed by atoms with van der Waals surface area (Å²) in [5.41, 5.74) is 0.764. The molecule has 0 radical (unpaired) electrons. The zero-order valence-corrected chi connectivity index (χ0v) is 12.6. The van der Waals surface area contributed by atoms with Gasteiger partial charge in [0.1, 0.15) is 5.82 Å². The first-order valence-electron chi connectivity index (χ1n) is 7.28. The maximum Gasteiger partial charge on any atom is 0.128 e. The Morgan fingerprint density at radius 3 is 2.53 bits per heavy atom. The maximum absolute atomic E-state index is 13.9. The van der Waals surface area contributed by atoms with Crippen molar-refractivity contribution >= 4 is 0 Å². The van der Waals surface area contributed by atoms with Gasteiger partial charge in [-0.2, -0.15) is 0 Å². The van der Waals surface area contributed by atoms with Crippen molar-refractivity contribution in [2.45, 2.75) is 45.7 Å². The predicted molar refractivity (Wildman–Crippen MR) is 79.8 cm³/mol. The zero-order chi connectivity index (χ0) is 14.3. The van der Waals surface area contributed by atoms with Gasteiger partial charge < -0.3 is 10.2 Å². The van der Waals surface area contributed by atoms with E-state index in [-0.39, 0.29) is 11.9 Å². The number of likely N-dealkylation sites (N-methyl/N-ethyl adjacent to an activating group) is 2. The molecular formula is C16H27FN2. The van der Waals surface area contributed by atoms with Crippen LogP contribution < -0.4 is 5.32 Å². The molecule has 0 fully saturated rings. The molecule has 0 spiro atoms. The number of halogens is 1. The molecule has 2 atom stereocenters. The van der Waals surface area contributed by atoms with Gasteiger partial charge in [0, 0.05) is 24.2 Å². The smallest absolute Gasteiger partial charge is 0.128 e. The van der Waals surface area contributed by atoms with Gasteiger partial charge in [-0.15, -0.1) is 0 Å². The third-order valence-corrected chi connectivity index (χ3v) is 3.66. The molecule has 0 aliphatic carbocycles. The fraction of sp³-hybridized carbons (Fsp3) is 0.625. The van der Waals surface area contributed by atoms with Gasteiger partial charge >= 0.3 is 0 Å². The summed E-state index contributed by atoms with van der Waals surface area (Å²) in [6, 6.07) is 7.63. The van der Waals surface area contributed by atoms with Crippen LogP contribution in [-0.4, -0.2) is 31.1 Å². The molecule has 1 aromatic rings. The molecule has 0 aliphatic heterocycles. The van der Waals surface area contributed by atoms with Gasteiger partial charge in [-0.25, -0.2) is 4.39 Å². The van der Waals surface area contributed by atoms with Crippen LogP contribution in [0.15, 0.2) is 24.3 Å². The van der Waals surface area contributed by atoms with E-state index in [0.717, 1.165) is 18.7 Å². The predicted octanol–water partition coefficient (Wildman–Crippen LogP) is 3.60. The lowest BCUT2D eigenvalue weighted by Gasteiger charge is -2.29. The number of benzene rings is 1. The number of nitrogens with one attached hydrogen (secondary N) is 1. The van der Waals surface area contributed by atoms with Crippen LogP contribution in [0.4, 0.5) is 4.39 Å². The topological polar surface area (TPSA) is 15.3 Å². The lowest BCUT2D eigenvalue weighted by atomic mass is 10.0. The van der Waals surface area contributed by atoms with Crippen molar-refractivity contribution in [3.05, 3.63) is 35.6 Å². The summed E-state index contributed by atoms with van der Waals surface area (Å²) in [7, 11) is 2.12. The van der Waals surface area contributed by atoms with Gasteiger partial charge in [0.2, 0.25) is 0 Å². The molecule has 0 saturated carbocycles. The van der Waals surface area contributed by atoms with Gasteiger partial charge in [-0.3, -0.25) is 0 Å².